The van der Waals surface area contributed by atoms with Crippen molar-refractivity contribution in [1.29, 1.82) is 0 Å². The summed E-state index contributed by atoms with van der Waals surface area (Å²) in [5.74, 6) is 0.222. The standard InChI is InChI=1S/2C4H7NO/c2*5-4(6)3-1-2-3/h2*3H,1-2H2,(H2,5,6). The maximum Gasteiger partial charge on any atom is 0.220 e. The van der Waals surface area contributed by atoms with Gasteiger partial charge in [0.2, 0.25) is 11.8 Å². The first-order valence-corrected chi connectivity index (χ1v) is 4.20. The van der Waals surface area contributed by atoms with E-state index in [-0.39, 0.29) is 23.7 Å². The normalized spacial score (nSPS) is 20.7. The van der Waals surface area contributed by atoms with Crippen LogP contribution in [0.2, 0.25) is 0 Å². The molecule has 2 aliphatic carbocycles. The Balaban J connectivity index is 0.000000120. The van der Waals surface area contributed by atoms with Crippen molar-refractivity contribution in [1.82, 2.24) is 0 Å². The molecule has 0 unspecified atom stereocenters. The fraction of sp³-hybridized carbons (Fsp3) is 0.750. The Hall–Kier alpha value is -1.06. The smallest absolute Gasteiger partial charge is 0.220 e. The fourth-order valence-electron chi connectivity index (χ4n) is 0.736. The van der Waals surface area contributed by atoms with E-state index < -0.39 is 0 Å². The first-order chi connectivity index (χ1) is 5.61. The van der Waals surface area contributed by atoms with Crippen molar-refractivity contribution in [2.75, 3.05) is 0 Å². The predicted octanol–water partition coefficient (Wildman–Crippen LogP) is -0.237. The summed E-state index contributed by atoms with van der Waals surface area (Å²) in [6.45, 7) is 0. The Morgan fingerprint density at radius 2 is 1.08 bits per heavy atom. The summed E-state index contributed by atoms with van der Waals surface area (Å²) in [4.78, 5) is 20.0. The van der Waals surface area contributed by atoms with E-state index >= 15 is 0 Å². The summed E-state index contributed by atoms with van der Waals surface area (Å²) in [6, 6.07) is 0. The van der Waals surface area contributed by atoms with Gasteiger partial charge in [-0.05, 0) is 25.7 Å². The lowest BCUT2D eigenvalue weighted by molar-refractivity contribution is -0.120. The minimum atomic E-state index is -0.130. The number of amides is 2. The lowest BCUT2D eigenvalue weighted by Gasteiger charge is -1.77. The van der Waals surface area contributed by atoms with Gasteiger partial charge in [-0.3, -0.25) is 9.59 Å². The molecule has 0 radical (unpaired) electrons. The molecule has 2 aliphatic rings. The molecule has 2 rings (SSSR count). The predicted molar refractivity (Wildman–Crippen MR) is 43.8 cm³/mol. The second kappa shape index (κ2) is 3.56. The number of hydrogen-bond donors (Lipinski definition) is 2. The summed E-state index contributed by atoms with van der Waals surface area (Å²) >= 11 is 0. The molecule has 4 nitrogen and oxygen atoms in total. The van der Waals surface area contributed by atoms with Crippen LogP contribution in [0.1, 0.15) is 25.7 Å². The van der Waals surface area contributed by atoms with Crippen LogP contribution < -0.4 is 11.5 Å². The van der Waals surface area contributed by atoms with Crippen LogP contribution in [0, 0.1) is 11.8 Å². The van der Waals surface area contributed by atoms with Gasteiger partial charge in [-0.2, -0.15) is 0 Å². The highest BCUT2D eigenvalue weighted by Gasteiger charge is 2.27. The van der Waals surface area contributed by atoms with E-state index in [0.29, 0.717) is 0 Å². The molecule has 0 aromatic heterocycles. The summed E-state index contributed by atoms with van der Waals surface area (Å²) in [6.07, 6.45) is 4.09. The van der Waals surface area contributed by atoms with Crippen molar-refractivity contribution in [2.45, 2.75) is 25.7 Å². The molecule has 2 amide bonds. The molecule has 0 aliphatic heterocycles. The average Bonchev–Trinajstić information content (AvgIpc) is 2.85. The lowest BCUT2D eigenvalue weighted by Crippen LogP contribution is -2.11. The Labute approximate surface area is 71.3 Å². The van der Waals surface area contributed by atoms with E-state index in [1.165, 1.54) is 0 Å². The first-order valence-electron chi connectivity index (χ1n) is 4.20. The maximum atomic E-state index is 9.98. The van der Waals surface area contributed by atoms with Crippen molar-refractivity contribution >= 4 is 11.8 Å². The Bertz CT molecular complexity index is 173. The molecule has 0 bridgehead atoms. The quantitative estimate of drug-likeness (QED) is 0.599. The molecule has 0 spiro atoms. The SMILES string of the molecule is NC(=O)C1CC1.NC(=O)C1CC1. The van der Waals surface area contributed by atoms with Crippen LogP contribution in [0.3, 0.4) is 0 Å². The summed E-state index contributed by atoms with van der Waals surface area (Å²) in [5, 5.41) is 0. The zero-order valence-electron chi connectivity index (χ0n) is 6.95. The van der Waals surface area contributed by atoms with Crippen LogP contribution in [-0.4, -0.2) is 11.8 Å². The molecule has 12 heavy (non-hydrogen) atoms. The van der Waals surface area contributed by atoms with Crippen molar-refractivity contribution < 1.29 is 9.59 Å². The molecule has 4 heteroatoms. The molecule has 2 fully saturated rings. The van der Waals surface area contributed by atoms with Gasteiger partial charge in [0.1, 0.15) is 0 Å². The molecule has 4 N–H and O–H groups in total. The van der Waals surface area contributed by atoms with Crippen molar-refractivity contribution in [2.24, 2.45) is 23.3 Å². The van der Waals surface area contributed by atoms with Crippen LogP contribution in [0.4, 0.5) is 0 Å². The third kappa shape index (κ3) is 3.37. The van der Waals surface area contributed by atoms with Gasteiger partial charge in [0.15, 0.2) is 0 Å². The lowest BCUT2D eigenvalue weighted by atomic mass is 10.4. The highest BCUT2D eigenvalue weighted by molar-refractivity contribution is 5.79. The van der Waals surface area contributed by atoms with Crippen LogP contribution >= 0.6 is 0 Å². The van der Waals surface area contributed by atoms with E-state index in [9.17, 15) is 9.59 Å². The highest BCUT2D eigenvalue weighted by Crippen LogP contribution is 2.27. The van der Waals surface area contributed by atoms with Crippen LogP contribution in [0.5, 0.6) is 0 Å². The van der Waals surface area contributed by atoms with Crippen molar-refractivity contribution in [3.63, 3.8) is 0 Å². The summed E-state index contributed by atoms with van der Waals surface area (Å²) < 4.78 is 0. The van der Waals surface area contributed by atoms with Gasteiger partial charge in [0.25, 0.3) is 0 Å². The Morgan fingerprint density at radius 3 is 1.08 bits per heavy atom. The third-order valence-corrected chi connectivity index (χ3v) is 1.96. The van der Waals surface area contributed by atoms with E-state index in [1.807, 2.05) is 0 Å². The Kier molecular flexibility index (Phi) is 2.68. The molecule has 2 saturated carbocycles. The van der Waals surface area contributed by atoms with E-state index in [2.05, 4.69) is 0 Å². The van der Waals surface area contributed by atoms with Crippen molar-refractivity contribution in [3.05, 3.63) is 0 Å². The number of primary amides is 2. The summed E-state index contributed by atoms with van der Waals surface area (Å²) in [7, 11) is 0. The van der Waals surface area contributed by atoms with Gasteiger partial charge in [0, 0.05) is 11.8 Å². The molecule has 68 valence electrons. The zero-order chi connectivity index (χ0) is 9.14. The zero-order valence-corrected chi connectivity index (χ0v) is 6.95. The topological polar surface area (TPSA) is 86.2 Å². The number of carbonyl (C=O) groups excluding carboxylic acids is 2. The minimum absolute atomic E-state index is 0.130. The third-order valence-electron chi connectivity index (χ3n) is 1.96. The minimum Gasteiger partial charge on any atom is -0.369 e. The van der Waals surface area contributed by atoms with Crippen LogP contribution in [-0.2, 0) is 9.59 Å². The van der Waals surface area contributed by atoms with Crippen LogP contribution in [0.15, 0.2) is 0 Å². The molecule has 0 heterocycles. The summed E-state index contributed by atoms with van der Waals surface area (Å²) in [5.41, 5.74) is 9.72. The number of nitrogens with two attached hydrogens (primary N) is 2. The second-order valence-corrected chi connectivity index (χ2v) is 3.35. The molecule has 0 atom stereocenters. The Morgan fingerprint density at radius 1 is 0.833 bits per heavy atom. The molecule has 0 saturated heterocycles. The van der Waals surface area contributed by atoms with Crippen LogP contribution in [0.25, 0.3) is 0 Å². The molecular formula is C8H14N2O2. The van der Waals surface area contributed by atoms with Gasteiger partial charge in [-0.1, -0.05) is 0 Å². The fourth-order valence-corrected chi connectivity index (χ4v) is 0.736. The van der Waals surface area contributed by atoms with Gasteiger partial charge in [-0.25, -0.2) is 0 Å². The first kappa shape index (κ1) is 9.03. The van der Waals surface area contributed by atoms with Gasteiger partial charge >= 0.3 is 0 Å². The van der Waals surface area contributed by atoms with E-state index in [4.69, 9.17) is 11.5 Å². The number of carbonyl (C=O) groups is 2. The second-order valence-electron chi connectivity index (χ2n) is 3.35. The van der Waals surface area contributed by atoms with E-state index in [1.54, 1.807) is 0 Å². The van der Waals surface area contributed by atoms with Gasteiger partial charge in [0.05, 0.1) is 0 Å². The molecular weight excluding hydrogens is 156 g/mol. The number of hydrogen-bond acceptors (Lipinski definition) is 2. The monoisotopic (exact) mass is 170 g/mol. The van der Waals surface area contributed by atoms with Crippen molar-refractivity contribution in [3.8, 4) is 0 Å². The number of rotatable bonds is 2. The largest absolute Gasteiger partial charge is 0.369 e. The van der Waals surface area contributed by atoms with Gasteiger partial charge < -0.3 is 11.5 Å². The highest BCUT2D eigenvalue weighted by atomic mass is 16.1. The average molecular weight is 170 g/mol. The maximum absolute atomic E-state index is 9.98. The van der Waals surface area contributed by atoms with E-state index in [0.717, 1.165) is 25.7 Å². The molecule has 0 aromatic carbocycles. The molecule has 0 aromatic rings. The van der Waals surface area contributed by atoms with Gasteiger partial charge in [-0.15, -0.1) is 0 Å².